The zero-order valence-corrected chi connectivity index (χ0v) is 19.4. The average molecular weight is 443 g/mol. The summed E-state index contributed by atoms with van der Waals surface area (Å²) < 4.78 is 12.7. The number of aromatic nitrogens is 2. The van der Waals surface area contributed by atoms with Crippen molar-refractivity contribution in [2.45, 2.75) is 77.5 Å². The summed E-state index contributed by atoms with van der Waals surface area (Å²) in [5.74, 6) is 0.763. The van der Waals surface area contributed by atoms with Crippen LogP contribution in [0.3, 0.4) is 0 Å². The van der Waals surface area contributed by atoms with Crippen LogP contribution in [0.2, 0.25) is 0 Å². The summed E-state index contributed by atoms with van der Waals surface area (Å²) in [5.41, 5.74) is 1.49. The van der Waals surface area contributed by atoms with Gasteiger partial charge in [-0.15, -0.1) is 0 Å². The minimum atomic E-state index is -0.522. The first-order valence-corrected chi connectivity index (χ1v) is 11.3. The highest BCUT2D eigenvalue weighted by Gasteiger charge is 2.32. The number of amides is 2. The number of carbonyl (C=O) groups excluding carboxylic acids is 2. The first kappa shape index (κ1) is 23.6. The third-order valence-electron chi connectivity index (χ3n) is 5.40. The molecule has 32 heavy (non-hydrogen) atoms. The van der Waals surface area contributed by atoms with Gasteiger partial charge in [-0.2, -0.15) is 5.10 Å². The highest BCUT2D eigenvalue weighted by atomic mass is 16.6. The molecular formula is C24H34N4O4. The van der Waals surface area contributed by atoms with E-state index in [2.05, 4.69) is 10.6 Å². The van der Waals surface area contributed by atoms with Crippen molar-refractivity contribution >= 4 is 18.0 Å². The van der Waals surface area contributed by atoms with Crippen molar-refractivity contribution in [3.63, 3.8) is 0 Å². The first-order chi connectivity index (χ1) is 15.3. The molecule has 1 saturated carbocycles. The van der Waals surface area contributed by atoms with Crippen molar-refractivity contribution in [2.24, 2.45) is 0 Å². The maximum absolute atomic E-state index is 12.4. The normalized spacial score (nSPS) is 18.2. The minimum Gasteiger partial charge on any atom is -0.446 e. The highest BCUT2D eigenvalue weighted by Crippen LogP contribution is 2.37. The maximum atomic E-state index is 12.4. The van der Waals surface area contributed by atoms with Gasteiger partial charge < -0.3 is 14.8 Å². The molecule has 174 valence electrons. The fraction of sp³-hybridized carbons (Fsp3) is 0.542. The summed E-state index contributed by atoms with van der Waals surface area (Å²) in [5, 5.41) is 10.4. The van der Waals surface area contributed by atoms with E-state index in [-0.39, 0.29) is 30.3 Å². The molecule has 1 aromatic carbocycles. The monoisotopic (exact) mass is 442 g/mol. The van der Waals surface area contributed by atoms with E-state index in [1.165, 1.54) is 0 Å². The fourth-order valence-electron chi connectivity index (χ4n) is 3.80. The predicted molar refractivity (Wildman–Crippen MR) is 123 cm³/mol. The summed E-state index contributed by atoms with van der Waals surface area (Å²) in [6.07, 6.45) is 2.27. The second-order valence-corrected chi connectivity index (χ2v) is 9.19. The van der Waals surface area contributed by atoms with Gasteiger partial charge in [-0.05, 0) is 52.0 Å². The van der Waals surface area contributed by atoms with Gasteiger partial charge >= 0.3 is 12.2 Å². The van der Waals surface area contributed by atoms with Crippen molar-refractivity contribution < 1.29 is 19.1 Å². The lowest BCUT2D eigenvalue weighted by Crippen LogP contribution is -2.28. The van der Waals surface area contributed by atoms with E-state index in [4.69, 9.17) is 14.6 Å². The Hall–Kier alpha value is -3.03. The van der Waals surface area contributed by atoms with Gasteiger partial charge in [-0.25, -0.2) is 14.3 Å². The Kier molecular flexibility index (Phi) is 7.77. The lowest BCUT2D eigenvalue weighted by Gasteiger charge is -2.22. The smallest absolute Gasteiger partial charge is 0.413 e. The quantitative estimate of drug-likeness (QED) is 0.618. The maximum Gasteiger partial charge on any atom is 0.413 e. The van der Waals surface area contributed by atoms with E-state index in [0.29, 0.717) is 12.4 Å². The number of nitrogens with one attached hydrogen (secondary N) is 2. The number of hydrogen-bond acceptors (Lipinski definition) is 5. The van der Waals surface area contributed by atoms with Crippen LogP contribution < -0.4 is 10.6 Å². The van der Waals surface area contributed by atoms with E-state index < -0.39 is 6.09 Å². The molecule has 0 unspecified atom stereocenters. The van der Waals surface area contributed by atoms with E-state index >= 15 is 0 Å². The Morgan fingerprint density at radius 3 is 2.59 bits per heavy atom. The molecule has 0 bridgehead atoms. The molecule has 0 radical (unpaired) electrons. The molecular weight excluding hydrogens is 408 g/mol. The van der Waals surface area contributed by atoms with Crippen LogP contribution in [0.25, 0.3) is 0 Å². The first-order valence-electron chi connectivity index (χ1n) is 11.3. The third kappa shape index (κ3) is 6.48. The molecule has 1 aliphatic carbocycles. The number of anilines is 1. The van der Waals surface area contributed by atoms with Crippen LogP contribution in [0, 0.1) is 0 Å². The topological polar surface area (TPSA) is 94.5 Å². The Morgan fingerprint density at radius 1 is 1.16 bits per heavy atom. The number of ether oxygens (including phenoxy) is 2. The Morgan fingerprint density at radius 2 is 1.91 bits per heavy atom. The van der Waals surface area contributed by atoms with Gasteiger partial charge in [0.05, 0.1) is 11.2 Å². The average Bonchev–Trinajstić information content (AvgIpc) is 3.38. The Labute approximate surface area is 189 Å². The predicted octanol–water partition coefficient (Wildman–Crippen LogP) is 5.16. The Bertz CT molecular complexity index is 904. The summed E-state index contributed by atoms with van der Waals surface area (Å²) in [6.45, 7) is 8.90. The molecule has 8 nitrogen and oxygen atoms in total. The van der Waals surface area contributed by atoms with Crippen molar-refractivity contribution in [1.29, 1.82) is 0 Å². The molecule has 1 aromatic heterocycles. The second kappa shape index (κ2) is 10.5. The van der Waals surface area contributed by atoms with E-state index in [1.807, 2.05) is 68.8 Å². The summed E-state index contributed by atoms with van der Waals surface area (Å²) in [6, 6.07) is 11.5. The number of hydrogen-bond donors (Lipinski definition) is 2. The summed E-state index contributed by atoms with van der Waals surface area (Å²) in [7, 11) is 0. The number of carbonyl (C=O) groups is 2. The number of benzene rings is 1. The summed E-state index contributed by atoms with van der Waals surface area (Å²) >= 11 is 0. The van der Waals surface area contributed by atoms with Crippen LogP contribution in [0.5, 0.6) is 0 Å². The van der Waals surface area contributed by atoms with Crippen LogP contribution in [0.1, 0.15) is 70.6 Å². The molecule has 2 N–H and O–H groups in total. The van der Waals surface area contributed by atoms with E-state index in [0.717, 1.165) is 36.9 Å². The van der Waals surface area contributed by atoms with Gasteiger partial charge in [0.15, 0.2) is 0 Å². The number of rotatable bonds is 7. The molecule has 1 fully saturated rings. The van der Waals surface area contributed by atoms with Gasteiger partial charge in [0.2, 0.25) is 0 Å². The van der Waals surface area contributed by atoms with Crippen molar-refractivity contribution in [3.05, 3.63) is 47.7 Å². The molecule has 1 heterocycles. The minimum absolute atomic E-state index is 0.121. The molecule has 2 aromatic rings. The Balaban J connectivity index is 1.63. The van der Waals surface area contributed by atoms with Crippen molar-refractivity contribution in [2.75, 3.05) is 11.9 Å². The van der Waals surface area contributed by atoms with Gasteiger partial charge in [0.1, 0.15) is 18.5 Å². The largest absolute Gasteiger partial charge is 0.446 e. The van der Waals surface area contributed by atoms with Crippen LogP contribution in [0.15, 0.2) is 36.4 Å². The van der Waals surface area contributed by atoms with E-state index in [1.54, 1.807) is 0 Å². The SMILES string of the molecule is CCCNC(=O)O[C@@H]1CC[C@H](c2cc(NC(=O)OCc3ccccc3)n(C(C)(C)C)n2)C1. The molecule has 8 heteroatoms. The lowest BCUT2D eigenvalue weighted by molar-refractivity contribution is 0.100. The molecule has 0 spiro atoms. The van der Waals surface area contributed by atoms with E-state index in [9.17, 15) is 9.59 Å². The zero-order chi connectivity index (χ0) is 23.1. The molecule has 0 aliphatic heterocycles. The van der Waals surface area contributed by atoms with Crippen molar-refractivity contribution in [3.8, 4) is 0 Å². The van der Waals surface area contributed by atoms with Crippen LogP contribution >= 0.6 is 0 Å². The molecule has 2 amide bonds. The fourth-order valence-corrected chi connectivity index (χ4v) is 3.80. The lowest BCUT2D eigenvalue weighted by atomic mass is 10.0. The molecule has 3 rings (SSSR count). The molecule has 0 saturated heterocycles. The third-order valence-corrected chi connectivity index (χ3v) is 5.40. The van der Waals surface area contributed by atoms with Gasteiger partial charge in [0, 0.05) is 18.5 Å². The summed E-state index contributed by atoms with van der Waals surface area (Å²) in [4.78, 5) is 24.3. The van der Waals surface area contributed by atoms with Crippen LogP contribution in [0.4, 0.5) is 15.4 Å². The van der Waals surface area contributed by atoms with Gasteiger partial charge in [0.25, 0.3) is 0 Å². The molecule has 1 aliphatic rings. The standard InChI is InChI=1S/C24H34N4O4/c1-5-13-25-22(29)32-19-12-11-18(14-19)20-15-21(28(27-20)24(2,3)4)26-23(30)31-16-17-9-7-6-8-10-17/h6-10,15,18-19H,5,11-14,16H2,1-4H3,(H,25,29)(H,26,30)/t18-,19+/m0/s1. The zero-order valence-electron chi connectivity index (χ0n) is 19.4. The second-order valence-electron chi connectivity index (χ2n) is 9.19. The molecule has 2 atom stereocenters. The van der Waals surface area contributed by atoms with Crippen molar-refractivity contribution in [1.82, 2.24) is 15.1 Å². The highest BCUT2D eigenvalue weighted by molar-refractivity contribution is 5.83. The van der Waals surface area contributed by atoms with Gasteiger partial charge in [-0.1, -0.05) is 37.3 Å². The van der Waals surface area contributed by atoms with Gasteiger partial charge in [-0.3, -0.25) is 5.32 Å². The van der Waals surface area contributed by atoms with Crippen LogP contribution in [-0.2, 0) is 21.6 Å². The van der Waals surface area contributed by atoms with Crippen LogP contribution in [-0.4, -0.2) is 34.6 Å². The number of nitrogens with zero attached hydrogens (tertiary/aromatic N) is 2. The number of alkyl carbamates (subject to hydrolysis) is 1.